The van der Waals surface area contributed by atoms with Crippen LogP contribution in [0.5, 0.6) is 5.75 Å². The Balaban J connectivity index is 0.00000711. The van der Waals surface area contributed by atoms with Gasteiger partial charge >= 0.3 is 0 Å². The molecule has 71 heavy (non-hydrogen) atoms. The van der Waals surface area contributed by atoms with E-state index in [2.05, 4.69) is 200 Å². The average molecular weight is 1120 g/mol. The average Bonchev–Trinajstić information content (AvgIpc) is 3.72. The molecule has 0 saturated carbocycles. The molecule has 1 N–H and O–H groups in total. The first kappa shape index (κ1) is 48.3. The molecule has 9 rings (SSSR count). The van der Waals surface area contributed by atoms with Gasteiger partial charge in [-0.2, -0.15) is 0 Å². The van der Waals surface area contributed by atoms with Crippen molar-refractivity contribution in [3.05, 3.63) is 192 Å². The molecule has 0 spiro atoms. The molecular weight excluding hydrogens is 1050 g/mol. The van der Waals surface area contributed by atoms with Crippen LogP contribution in [0.1, 0.15) is 132 Å². The fourth-order valence-corrected chi connectivity index (χ4v) is 9.38. The van der Waals surface area contributed by atoms with Gasteiger partial charge in [-0.1, -0.05) is 216 Å². The Morgan fingerprint density at radius 2 is 1.14 bits per heavy atom. The number of nitrogens with zero attached hydrogens (tertiary/aromatic N) is 3. The second kappa shape index (κ2) is 19.7. The smallest absolute Gasteiger partial charge is 0.148 e. The van der Waals surface area contributed by atoms with Gasteiger partial charge in [0.15, 0.2) is 0 Å². The van der Waals surface area contributed by atoms with E-state index < -0.39 is 11.8 Å². The summed E-state index contributed by atoms with van der Waals surface area (Å²) >= 11 is 0. The molecule has 4 nitrogen and oxygen atoms in total. The first-order chi connectivity index (χ1) is 33.8. The van der Waals surface area contributed by atoms with E-state index in [1.807, 2.05) is 58.2 Å². The standard InChI is InChI=1S/C66H68N3O.Pt/c1-41(2)43-22-24-45(25-23-43)48-32-33-67-58(38-48)51-35-49(44-18-15-14-16-19-44)34-50(36-51)54-20-17-21-60-61(54)68-63(56-39-53(65(8,9)10)40-57(62(56)70)66(11,12)13)69(60)59-31-28-47(42(3)4)37-55(59)46-26-29-52(30-27-46)64(5,6)7;/h14-35,37-42,70H,1-13H3;/q-1;/i41D,42D;. The summed E-state index contributed by atoms with van der Waals surface area (Å²) in [5.74, 6) is -0.729. The van der Waals surface area contributed by atoms with Crippen molar-refractivity contribution in [1.82, 2.24) is 14.5 Å². The third kappa shape index (κ3) is 10.4. The zero-order valence-corrected chi connectivity index (χ0v) is 45.9. The molecular formula is C66H68N3OPt-. The monoisotopic (exact) mass is 1120 g/mol. The number of rotatable bonds is 9. The fraction of sp³-hybridized carbons (Fsp3) is 0.273. The predicted octanol–water partition coefficient (Wildman–Crippen LogP) is 18.1. The number of phenolic OH excluding ortho intramolecular Hbond substituents is 1. The summed E-state index contributed by atoms with van der Waals surface area (Å²) in [4.78, 5) is 10.6. The maximum Gasteiger partial charge on any atom is 0.148 e. The van der Waals surface area contributed by atoms with Crippen molar-refractivity contribution in [1.29, 1.82) is 0 Å². The van der Waals surface area contributed by atoms with E-state index in [4.69, 9.17) is 11.3 Å². The minimum Gasteiger partial charge on any atom is -0.507 e. The van der Waals surface area contributed by atoms with Crippen LogP contribution in [0.15, 0.2) is 158 Å². The van der Waals surface area contributed by atoms with Crippen LogP contribution in [0.3, 0.4) is 0 Å². The molecule has 0 aliphatic rings. The Morgan fingerprint density at radius 3 is 1.77 bits per heavy atom. The van der Waals surface area contributed by atoms with Crippen LogP contribution in [0.2, 0.25) is 0 Å². The van der Waals surface area contributed by atoms with Gasteiger partial charge in [0.25, 0.3) is 0 Å². The summed E-state index contributed by atoms with van der Waals surface area (Å²) in [6, 6.07) is 56.8. The van der Waals surface area contributed by atoms with Crippen molar-refractivity contribution < 1.29 is 28.9 Å². The van der Waals surface area contributed by atoms with Crippen molar-refractivity contribution in [3.8, 4) is 78.6 Å². The van der Waals surface area contributed by atoms with Crippen molar-refractivity contribution in [2.24, 2.45) is 0 Å². The quantitative estimate of drug-likeness (QED) is 0.147. The van der Waals surface area contributed by atoms with E-state index in [0.717, 1.165) is 94.7 Å². The molecule has 0 atom stereocenters. The van der Waals surface area contributed by atoms with Crippen molar-refractivity contribution >= 4 is 11.0 Å². The number of phenols is 1. The molecule has 2 heterocycles. The predicted molar refractivity (Wildman–Crippen MR) is 296 cm³/mol. The third-order valence-electron chi connectivity index (χ3n) is 13.7. The second-order valence-corrected chi connectivity index (χ2v) is 22.5. The number of pyridine rings is 1. The van der Waals surface area contributed by atoms with Crippen LogP contribution in [0.25, 0.3) is 83.9 Å². The number of imidazole rings is 1. The topological polar surface area (TPSA) is 50.9 Å². The zero-order valence-electron chi connectivity index (χ0n) is 45.6. The third-order valence-corrected chi connectivity index (χ3v) is 13.7. The summed E-state index contributed by atoms with van der Waals surface area (Å²) in [7, 11) is 0. The minimum atomic E-state index is -0.859. The van der Waals surface area contributed by atoms with Crippen LogP contribution in [0, 0.1) is 6.07 Å². The van der Waals surface area contributed by atoms with Gasteiger partial charge in [0.05, 0.1) is 22.3 Å². The van der Waals surface area contributed by atoms with Crippen molar-refractivity contribution in [3.63, 3.8) is 0 Å². The number of aromatic nitrogens is 3. The summed E-state index contributed by atoms with van der Waals surface area (Å²) in [5.41, 5.74) is 17.1. The number of hydrogen-bond acceptors (Lipinski definition) is 3. The van der Waals surface area contributed by atoms with Gasteiger partial charge < -0.3 is 5.11 Å². The molecule has 0 radical (unpaired) electrons. The van der Waals surface area contributed by atoms with Crippen LogP contribution in [-0.4, -0.2) is 19.6 Å². The second-order valence-electron chi connectivity index (χ2n) is 22.5. The summed E-state index contributed by atoms with van der Waals surface area (Å²) in [5, 5.41) is 12.7. The van der Waals surface area contributed by atoms with Gasteiger partial charge in [-0.25, -0.2) is 4.98 Å². The Bertz CT molecular complexity index is 3470. The SMILES string of the molecule is [2H]C(C)(C)c1ccc(-c2ccnc(-c3[c-]c(-c4cccc5c4nc(-c4cc(C(C)(C)C)cc(C(C)(C)C)c4O)n5-c4ccc(C([2H])(C)C)cc4-c4ccc(C(C)(C)C)cc4)cc(-c4ccccc4)c3)c2)cc1.[Pt]. The van der Waals surface area contributed by atoms with Crippen molar-refractivity contribution in [2.75, 3.05) is 0 Å². The van der Waals surface area contributed by atoms with Crippen LogP contribution >= 0.6 is 0 Å². The maximum absolute atomic E-state index is 12.7. The van der Waals surface area contributed by atoms with E-state index in [0.29, 0.717) is 11.4 Å². The van der Waals surface area contributed by atoms with Gasteiger partial charge in [-0.3, -0.25) is 9.55 Å². The molecule has 0 fully saturated rings. The Morgan fingerprint density at radius 1 is 0.521 bits per heavy atom. The maximum atomic E-state index is 12.7. The molecule has 0 saturated heterocycles. The van der Waals surface area contributed by atoms with E-state index in [-0.39, 0.29) is 43.1 Å². The van der Waals surface area contributed by atoms with Crippen LogP contribution < -0.4 is 0 Å². The molecule has 0 aliphatic carbocycles. The van der Waals surface area contributed by atoms with E-state index in [9.17, 15) is 6.48 Å². The number of fused-ring (bicyclic) bond motifs is 1. The number of aromatic hydroxyl groups is 1. The first-order valence-electron chi connectivity index (χ1n) is 25.6. The number of benzene rings is 7. The van der Waals surface area contributed by atoms with E-state index in [1.54, 1.807) is 0 Å². The first-order valence-corrected chi connectivity index (χ1v) is 24.6. The van der Waals surface area contributed by atoms with Crippen LogP contribution in [0.4, 0.5) is 0 Å². The van der Waals surface area contributed by atoms with Gasteiger partial charge in [-0.05, 0) is 103 Å². The molecule has 9 aromatic rings. The summed E-state index contributed by atoms with van der Waals surface area (Å²) < 4.78 is 20.0. The Labute approximate surface area is 440 Å². The number of hydrogen-bond donors (Lipinski definition) is 1. The molecule has 0 amide bonds. The largest absolute Gasteiger partial charge is 0.507 e. The summed E-state index contributed by atoms with van der Waals surface area (Å²) in [6.45, 7) is 27.4. The van der Waals surface area contributed by atoms with Gasteiger partial charge in [0.2, 0.25) is 0 Å². The Kier molecular flexibility index (Phi) is 13.4. The van der Waals surface area contributed by atoms with Gasteiger partial charge in [0, 0.05) is 46.8 Å². The molecule has 0 bridgehead atoms. The Hall–Kier alpha value is -6.35. The van der Waals surface area contributed by atoms with E-state index >= 15 is 0 Å². The van der Waals surface area contributed by atoms with Crippen molar-refractivity contribution in [2.45, 2.75) is 118 Å². The molecule has 0 unspecified atom stereocenters. The van der Waals surface area contributed by atoms with Crippen LogP contribution in [-0.2, 0) is 37.3 Å². The molecule has 2 aromatic heterocycles. The number of para-hydroxylation sites is 1. The fourth-order valence-electron chi connectivity index (χ4n) is 9.38. The molecule has 0 aliphatic heterocycles. The van der Waals surface area contributed by atoms with Gasteiger partial charge in [-0.15, -0.1) is 23.8 Å². The molecule has 364 valence electrons. The zero-order chi connectivity index (χ0) is 51.7. The van der Waals surface area contributed by atoms with Gasteiger partial charge in [0.1, 0.15) is 11.6 Å². The molecule has 7 aromatic carbocycles. The van der Waals surface area contributed by atoms with E-state index in [1.165, 1.54) is 5.56 Å². The normalized spacial score (nSPS) is 12.9. The molecule has 5 heteroatoms. The minimum absolute atomic E-state index is 0. The summed E-state index contributed by atoms with van der Waals surface area (Å²) in [6.07, 6.45) is 1.86.